The maximum absolute atomic E-state index is 13.2. The number of hydrogen-bond donors (Lipinski definition) is 0. The van der Waals surface area contributed by atoms with Gasteiger partial charge in [-0.1, -0.05) is 19.3 Å². The second kappa shape index (κ2) is 5.42. The van der Waals surface area contributed by atoms with Crippen LogP contribution in [0.1, 0.15) is 71.1 Å². The molecular formula is C19H28F2O2. The lowest BCUT2D eigenvalue weighted by molar-refractivity contribution is -0.207. The van der Waals surface area contributed by atoms with E-state index in [0.717, 1.165) is 37.5 Å². The summed E-state index contributed by atoms with van der Waals surface area (Å²) in [6.45, 7) is 0.648. The lowest BCUT2D eigenvalue weighted by Gasteiger charge is -2.62. The number of esters is 1. The van der Waals surface area contributed by atoms with Gasteiger partial charge in [0.25, 0.3) is 0 Å². The van der Waals surface area contributed by atoms with Crippen molar-refractivity contribution in [2.75, 3.05) is 0 Å². The molecule has 0 radical (unpaired) electrons. The molecular weight excluding hydrogens is 298 g/mol. The van der Waals surface area contributed by atoms with Crippen molar-refractivity contribution in [1.29, 1.82) is 0 Å². The van der Waals surface area contributed by atoms with Crippen molar-refractivity contribution in [1.82, 2.24) is 0 Å². The fourth-order valence-corrected chi connectivity index (χ4v) is 6.68. The zero-order valence-corrected chi connectivity index (χ0v) is 14.0. The molecule has 0 heterocycles. The monoisotopic (exact) mass is 326 g/mol. The Kier molecular flexibility index (Phi) is 3.73. The van der Waals surface area contributed by atoms with Crippen LogP contribution in [0.4, 0.5) is 8.78 Å². The Labute approximate surface area is 137 Å². The SMILES string of the molecule is CC(F)(F)C(=O)OC1C2CC3CC1CC(C1CCCCC1)(C3)C2. The van der Waals surface area contributed by atoms with Crippen LogP contribution in [-0.2, 0) is 9.53 Å². The lowest BCUT2D eigenvalue weighted by Crippen LogP contribution is -2.57. The largest absolute Gasteiger partial charge is 0.457 e. The van der Waals surface area contributed by atoms with Gasteiger partial charge >= 0.3 is 11.9 Å². The molecule has 2 unspecified atom stereocenters. The van der Waals surface area contributed by atoms with Gasteiger partial charge in [0, 0.05) is 6.92 Å². The Morgan fingerprint density at radius 2 is 1.65 bits per heavy atom. The molecule has 0 N–H and O–H groups in total. The summed E-state index contributed by atoms with van der Waals surface area (Å²) in [5, 5.41) is 0. The Bertz CT molecular complexity index is 462. The molecule has 0 aliphatic heterocycles. The van der Waals surface area contributed by atoms with E-state index in [1.165, 1.54) is 38.5 Å². The summed E-state index contributed by atoms with van der Waals surface area (Å²) in [5.74, 6) is -2.46. The molecule has 0 aromatic carbocycles. The summed E-state index contributed by atoms with van der Waals surface area (Å²) in [6.07, 6.45) is 12.3. The Balaban J connectivity index is 1.51. The predicted octanol–water partition coefficient (Wildman–Crippen LogP) is 4.96. The third-order valence-electron chi connectivity index (χ3n) is 7.31. The quantitative estimate of drug-likeness (QED) is 0.685. The molecule has 5 fully saturated rings. The van der Waals surface area contributed by atoms with Crippen LogP contribution in [-0.4, -0.2) is 18.0 Å². The molecule has 0 spiro atoms. The first kappa shape index (κ1) is 15.8. The molecule has 2 atom stereocenters. The highest BCUT2D eigenvalue weighted by atomic mass is 19.3. The minimum atomic E-state index is -3.37. The molecule has 0 aromatic rings. The Morgan fingerprint density at radius 3 is 2.22 bits per heavy atom. The second-order valence-corrected chi connectivity index (χ2v) is 8.93. The average Bonchev–Trinajstić information content (AvgIpc) is 2.50. The van der Waals surface area contributed by atoms with Gasteiger partial charge in [-0.2, -0.15) is 8.78 Å². The van der Waals surface area contributed by atoms with Crippen LogP contribution in [0, 0.1) is 29.1 Å². The molecule has 23 heavy (non-hydrogen) atoms. The van der Waals surface area contributed by atoms with Gasteiger partial charge in [-0.3, -0.25) is 0 Å². The van der Waals surface area contributed by atoms with Gasteiger partial charge in [-0.15, -0.1) is 0 Å². The first-order valence-electron chi connectivity index (χ1n) is 9.46. The van der Waals surface area contributed by atoms with E-state index in [2.05, 4.69) is 0 Å². The molecule has 5 rings (SSSR count). The first-order chi connectivity index (χ1) is 10.9. The lowest BCUT2D eigenvalue weighted by atomic mass is 9.44. The summed E-state index contributed by atoms with van der Waals surface area (Å²) in [4.78, 5) is 11.7. The molecule has 2 nitrogen and oxygen atoms in total. The number of ether oxygens (including phenoxy) is 1. The fourth-order valence-electron chi connectivity index (χ4n) is 6.68. The van der Waals surface area contributed by atoms with E-state index in [0.29, 0.717) is 24.2 Å². The number of alkyl halides is 2. The smallest absolute Gasteiger partial charge is 0.376 e. The van der Waals surface area contributed by atoms with Gasteiger partial charge in [0.05, 0.1) is 0 Å². The van der Waals surface area contributed by atoms with E-state index in [-0.39, 0.29) is 6.10 Å². The van der Waals surface area contributed by atoms with Gasteiger partial charge < -0.3 is 4.74 Å². The van der Waals surface area contributed by atoms with Gasteiger partial charge in [-0.05, 0) is 74.0 Å². The van der Waals surface area contributed by atoms with E-state index in [1.54, 1.807) is 0 Å². The molecule has 0 amide bonds. The van der Waals surface area contributed by atoms with Crippen LogP contribution < -0.4 is 0 Å². The van der Waals surface area contributed by atoms with Gasteiger partial charge in [-0.25, -0.2) is 4.79 Å². The van der Waals surface area contributed by atoms with Crippen LogP contribution >= 0.6 is 0 Å². The summed E-state index contributed by atoms with van der Waals surface area (Å²) in [7, 11) is 0. The number of carbonyl (C=O) groups excluding carboxylic acids is 1. The predicted molar refractivity (Wildman–Crippen MR) is 83.1 cm³/mol. The molecule has 5 saturated carbocycles. The Morgan fingerprint density at radius 1 is 1.04 bits per heavy atom. The van der Waals surface area contributed by atoms with Gasteiger partial charge in [0.1, 0.15) is 6.10 Å². The highest BCUT2D eigenvalue weighted by Gasteiger charge is 2.59. The number of carbonyl (C=O) groups is 1. The van der Waals surface area contributed by atoms with E-state index in [9.17, 15) is 13.6 Å². The van der Waals surface area contributed by atoms with E-state index in [4.69, 9.17) is 4.74 Å². The van der Waals surface area contributed by atoms with Crippen LogP contribution in [0.2, 0.25) is 0 Å². The summed E-state index contributed by atoms with van der Waals surface area (Å²) >= 11 is 0. The van der Waals surface area contributed by atoms with E-state index >= 15 is 0 Å². The molecule has 0 saturated heterocycles. The average molecular weight is 326 g/mol. The standard InChI is InChI=1S/C19H28F2O2/c1-18(20,21)17(22)23-16-13-7-12-8-14(16)11-19(9-12,10-13)15-5-3-2-4-6-15/h12-16H,2-11H2,1H3. The van der Waals surface area contributed by atoms with Crippen molar-refractivity contribution < 1.29 is 18.3 Å². The third kappa shape index (κ3) is 2.70. The Hall–Kier alpha value is -0.670. The van der Waals surface area contributed by atoms with Crippen LogP contribution in [0.15, 0.2) is 0 Å². The number of hydrogen-bond acceptors (Lipinski definition) is 2. The topological polar surface area (TPSA) is 26.3 Å². The number of halogens is 2. The highest BCUT2D eigenvalue weighted by Crippen LogP contribution is 2.65. The summed E-state index contributed by atoms with van der Waals surface area (Å²) in [6, 6.07) is 0. The molecule has 0 aromatic heterocycles. The third-order valence-corrected chi connectivity index (χ3v) is 7.31. The maximum Gasteiger partial charge on any atom is 0.376 e. The fraction of sp³-hybridized carbons (Fsp3) is 0.947. The van der Waals surface area contributed by atoms with Crippen LogP contribution in [0.3, 0.4) is 0 Å². The molecule has 4 heteroatoms. The number of rotatable bonds is 3. The van der Waals surface area contributed by atoms with Gasteiger partial charge in [0.2, 0.25) is 0 Å². The molecule has 5 aliphatic rings. The summed E-state index contributed by atoms with van der Waals surface area (Å²) in [5.41, 5.74) is 0.439. The first-order valence-corrected chi connectivity index (χ1v) is 9.46. The minimum absolute atomic E-state index is 0.249. The zero-order valence-electron chi connectivity index (χ0n) is 14.0. The van der Waals surface area contributed by atoms with Crippen molar-refractivity contribution >= 4 is 5.97 Å². The van der Waals surface area contributed by atoms with Gasteiger partial charge in [0.15, 0.2) is 0 Å². The van der Waals surface area contributed by atoms with Crippen molar-refractivity contribution in [3.8, 4) is 0 Å². The van der Waals surface area contributed by atoms with Crippen molar-refractivity contribution in [2.45, 2.75) is 83.2 Å². The van der Waals surface area contributed by atoms with Crippen molar-refractivity contribution in [3.05, 3.63) is 0 Å². The van der Waals surface area contributed by atoms with E-state index in [1.807, 2.05) is 0 Å². The maximum atomic E-state index is 13.2. The highest BCUT2D eigenvalue weighted by molar-refractivity contribution is 5.77. The molecule has 5 aliphatic carbocycles. The summed E-state index contributed by atoms with van der Waals surface area (Å²) < 4.78 is 31.8. The normalized spacial score (nSPS) is 43.6. The van der Waals surface area contributed by atoms with E-state index < -0.39 is 11.9 Å². The second-order valence-electron chi connectivity index (χ2n) is 8.93. The van der Waals surface area contributed by atoms with Crippen molar-refractivity contribution in [3.63, 3.8) is 0 Å². The van der Waals surface area contributed by atoms with Crippen molar-refractivity contribution in [2.24, 2.45) is 29.1 Å². The molecule has 4 bridgehead atoms. The van der Waals surface area contributed by atoms with Crippen LogP contribution in [0.5, 0.6) is 0 Å². The minimum Gasteiger partial charge on any atom is -0.457 e. The van der Waals surface area contributed by atoms with Crippen LogP contribution in [0.25, 0.3) is 0 Å². The zero-order chi connectivity index (χ0) is 16.2. The molecule has 130 valence electrons.